The lowest BCUT2D eigenvalue weighted by Gasteiger charge is -2.22. The SMILES string of the molecule is Cc1ccc(S(=O)(=O)Oc2ccccc2C(CNC(=O)OC(C)(C)C)CC(=O)O)cc1. The molecule has 0 radical (unpaired) electrons. The minimum absolute atomic E-state index is 0.000290. The summed E-state index contributed by atoms with van der Waals surface area (Å²) in [5.41, 5.74) is 0.529. The van der Waals surface area contributed by atoms with E-state index >= 15 is 0 Å². The Hall–Kier alpha value is -3.07. The van der Waals surface area contributed by atoms with Crippen LogP contribution in [0, 0.1) is 6.92 Å². The van der Waals surface area contributed by atoms with Gasteiger partial charge in [-0.3, -0.25) is 4.79 Å². The van der Waals surface area contributed by atoms with Crippen molar-refractivity contribution < 1.29 is 32.0 Å². The molecule has 0 saturated heterocycles. The average Bonchev–Trinajstić information content (AvgIpc) is 2.64. The lowest BCUT2D eigenvalue weighted by molar-refractivity contribution is -0.137. The highest BCUT2D eigenvalue weighted by atomic mass is 32.2. The summed E-state index contributed by atoms with van der Waals surface area (Å²) < 4.78 is 35.9. The number of carbonyl (C=O) groups excluding carboxylic acids is 1. The Kier molecular flexibility index (Phi) is 7.67. The second-order valence-electron chi connectivity index (χ2n) is 8.07. The van der Waals surface area contributed by atoms with Gasteiger partial charge in [0.15, 0.2) is 0 Å². The van der Waals surface area contributed by atoms with Crippen molar-refractivity contribution in [1.29, 1.82) is 0 Å². The van der Waals surface area contributed by atoms with Gasteiger partial charge in [0.05, 0.1) is 6.42 Å². The quantitative estimate of drug-likeness (QED) is 0.588. The molecule has 0 spiro atoms. The number of benzene rings is 2. The number of carboxylic acids is 1. The Bertz CT molecular complexity index is 1020. The van der Waals surface area contributed by atoms with E-state index in [2.05, 4.69) is 5.32 Å². The smallest absolute Gasteiger partial charge is 0.407 e. The van der Waals surface area contributed by atoms with Crippen molar-refractivity contribution in [1.82, 2.24) is 5.32 Å². The normalized spacial score (nSPS) is 12.6. The molecule has 2 N–H and O–H groups in total. The van der Waals surface area contributed by atoms with Crippen LogP contribution in [-0.4, -0.2) is 37.7 Å². The fraction of sp³-hybridized carbons (Fsp3) is 0.364. The summed E-state index contributed by atoms with van der Waals surface area (Å²) in [6.07, 6.45) is -1.05. The number of alkyl carbamates (subject to hydrolysis) is 1. The molecule has 1 amide bonds. The van der Waals surface area contributed by atoms with Gasteiger partial charge >= 0.3 is 22.2 Å². The third-order valence-electron chi connectivity index (χ3n) is 4.18. The van der Waals surface area contributed by atoms with E-state index < -0.39 is 33.7 Å². The molecule has 0 heterocycles. The monoisotopic (exact) mass is 449 g/mol. The number of aryl methyl sites for hydroxylation is 1. The molecule has 0 aliphatic carbocycles. The number of nitrogens with one attached hydrogen (secondary N) is 1. The number of aliphatic carboxylic acids is 1. The zero-order valence-electron chi connectivity index (χ0n) is 17.9. The zero-order valence-corrected chi connectivity index (χ0v) is 18.7. The predicted octanol–water partition coefficient (Wildman–Crippen LogP) is 3.85. The molecule has 168 valence electrons. The Balaban J connectivity index is 2.28. The molecule has 1 unspecified atom stereocenters. The van der Waals surface area contributed by atoms with Gasteiger partial charge in [-0.2, -0.15) is 8.42 Å². The van der Waals surface area contributed by atoms with Crippen LogP contribution in [0.3, 0.4) is 0 Å². The molecule has 2 rings (SSSR count). The van der Waals surface area contributed by atoms with Crippen LogP contribution in [0.4, 0.5) is 4.79 Å². The van der Waals surface area contributed by atoms with E-state index in [1.54, 1.807) is 51.1 Å². The van der Waals surface area contributed by atoms with Gasteiger partial charge < -0.3 is 19.3 Å². The molecule has 8 nitrogen and oxygen atoms in total. The first-order valence-corrected chi connectivity index (χ1v) is 11.1. The molecule has 9 heteroatoms. The van der Waals surface area contributed by atoms with Crippen LogP contribution in [-0.2, 0) is 19.6 Å². The van der Waals surface area contributed by atoms with Crippen LogP contribution in [0.25, 0.3) is 0 Å². The van der Waals surface area contributed by atoms with Gasteiger partial charge in [-0.15, -0.1) is 0 Å². The van der Waals surface area contributed by atoms with Crippen LogP contribution in [0.15, 0.2) is 53.4 Å². The summed E-state index contributed by atoms with van der Waals surface area (Å²) in [6, 6.07) is 12.4. The first-order valence-electron chi connectivity index (χ1n) is 9.66. The van der Waals surface area contributed by atoms with Gasteiger partial charge in [0, 0.05) is 18.0 Å². The van der Waals surface area contributed by atoms with Gasteiger partial charge in [-0.1, -0.05) is 35.9 Å². The summed E-state index contributed by atoms with van der Waals surface area (Å²) in [5, 5.41) is 11.9. The highest BCUT2D eigenvalue weighted by Crippen LogP contribution is 2.31. The topological polar surface area (TPSA) is 119 Å². The molecule has 2 aromatic rings. The Morgan fingerprint density at radius 1 is 1.06 bits per heavy atom. The van der Waals surface area contributed by atoms with Gasteiger partial charge in [0.2, 0.25) is 0 Å². The van der Waals surface area contributed by atoms with E-state index in [1.807, 2.05) is 6.92 Å². The van der Waals surface area contributed by atoms with Crippen molar-refractivity contribution in [2.75, 3.05) is 6.54 Å². The molecule has 31 heavy (non-hydrogen) atoms. The molecule has 0 aliphatic rings. The first-order chi connectivity index (χ1) is 14.4. The largest absolute Gasteiger partial charge is 0.481 e. The minimum atomic E-state index is -4.13. The molecular weight excluding hydrogens is 422 g/mol. The number of para-hydroxylation sites is 1. The van der Waals surface area contributed by atoms with Gasteiger partial charge in [-0.25, -0.2) is 4.79 Å². The second-order valence-corrected chi connectivity index (χ2v) is 9.61. The van der Waals surface area contributed by atoms with Crippen molar-refractivity contribution in [2.45, 2.75) is 50.5 Å². The maximum Gasteiger partial charge on any atom is 0.407 e. The zero-order chi connectivity index (χ0) is 23.2. The van der Waals surface area contributed by atoms with Gasteiger partial charge in [0.1, 0.15) is 16.2 Å². The summed E-state index contributed by atoms with van der Waals surface area (Å²) in [5.74, 6) is -1.85. The molecule has 0 saturated carbocycles. The lowest BCUT2D eigenvalue weighted by atomic mass is 9.95. The van der Waals surface area contributed by atoms with E-state index in [4.69, 9.17) is 8.92 Å². The molecule has 0 aliphatic heterocycles. The standard InChI is InChI=1S/C22H27NO7S/c1-15-9-11-17(12-10-15)31(27,28)30-19-8-6-5-7-18(19)16(13-20(24)25)14-23-21(26)29-22(2,3)4/h5-12,16H,13-14H2,1-4H3,(H,23,26)(H,24,25). The molecule has 2 aromatic carbocycles. The molecule has 0 fully saturated rings. The number of hydrogen-bond acceptors (Lipinski definition) is 6. The fourth-order valence-corrected chi connectivity index (χ4v) is 3.74. The molecular formula is C22H27NO7S. The van der Waals surface area contributed by atoms with E-state index in [0.717, 1.165) is 5.56 Å². The van der Waals surface area contributed by atoms with Gasteiger partial charge in [-0.05, 0) is 45.9 Å². The van der Waals surface area contributed by atoms with Crippen molar-refractivity contribution in [3.8, 4) is 5.75 Å². The van der Waals surface area contributed by atoms with Crippen molar-refractivity contribution in [3.05, 3.63) is 59.7 Å². The number of rotatable bonds is 8. The van der Waals surface area contributed by atoms with E-state index in [-0.39, 0.29) is 23.6 Å². The van der Waals surface area contributed by atoms with Crippen molar-refractivity contribution >= 4 is 22.2 Å². The summed E-state index contributed by atoms with van der Waals surface area (Å²) in [7, 11) is -4.13. The Morgan fingerprint density at radius 2 is 1.68 bits per heavy atom. The van der Waals surface area contributed by atoms with Crippen LogP contribution < -0.4 is 9.50 Å². The summed E-state index contributed by atoms with van der Waals surface area (Å²) in [6.45, 7) is 6.88. The average molecular weight is 450 g/mol. The maximum atomic E-state index is 12.7. The third-order valence-corrected chi connectivity index (χ3v) is 5.43. The highest BCUT2D eigenvalue weighted by molar-refractivity contribution is 7.87. The molecule has 0 aromatic heterocycles. The number of carboxylic acid groups (broad SMARTS) is 1. The van der Waals surface area contributed by atoms with Crippen LogP contribution in [0.5, 0.6) is 5.75 Å². The minimum Gasteiger partial charge on any atom is -0.481 e. The maximum absolute atomic E-state index is 12.7. The molecule has 1 atom stereocenters. The van der Waals surface area contributed by atoms with E-state index in [0.29, 0.717) is 5.56 Å². The highest BCUT2D eigenvalue weighted by Gasteiger charge is 2.25. The lowest BCUT2D eigenvalue weighted by Crippen LogP contribution is -2.35. The molecule has 0 bridgehead atoms. The number of amides is 1. The Labute approximate surface area is 182 Å². The van der Waals surface area contributed by atoms with E-state index in [9.17, 15) is 23.1 Å². The van der Waals surface area contributed by atoms with Crippen LogP contribution >= 0.6 is 0 Å². The van der Waals surface area contributed by atoms with Crippen molar-refractivity contribution in [2.24, 2.45) is 0 Å². The second kappa shape index (κ2) is 9.82. The number of carbonyl (C=O) groups is 2. The summed E-state index contributed by atoms with van der Waals surface area (Å²) in [4.78, 5) is 23.4. The Morgan fingerprint density at radius 3 is 2.26 bits per heavy atom. The van der Waals surface area contributed by atoms with E-state index in [1.165, 1.54) is 18.2 Å². The van der Waals surface area contributed by atoms with Crippen molar-refractivity contribution in [3.63, 3.8) is 0 Å². The van der Waals surface area contributed by atoms with Gasteiger partial charge in [0.25, 0.3) is 0 Å². The van der Waals surface area contributed by atoms with Crippen LogP contribution in [0.1, 0.15) is 44.2 Å². The third kappa shape index (κ3) is 7.60. The predicted molar refractivity (Wildman–Crippen MR) is 115 cm³/mol. The number of ether oxygens (including phenoxy) is 1. The fourth-order valence-electron chi connectivity index (χ4n) is 2.79. The summed E-state index contributed by atoms with van der Waals surface area (Å²) >= 11 is 0. The first kappa shape index (κ1) is 24.2. The van der Waals surface area contributed by atoms with Crippen LogP contribution in [0.2, 0.25) is 0 Å². The number of hydrogen-bond donors (Lipinski definition) is 2.